The van der Waals surface area contributed by atoms with E-state index in [-0.39, 0.29) is 5.75 Å². The largest absolute Gasteiger partial charge is 0.286 e. The van der Waals surface area contributed by atoms with Gasteiger partial charge < -0.3 is 0 Å². The van der Waals surface area contributed by atoms with Crippen LogP contribution in [-0.4, -0.2) is 18.7 Å². The standard InChI is InChI=1S/C10H13O3S/c11-14(12,13)9-5-4-8-10-6-2-1-3-7-10/h2-3,6-7H,4-5,8-9H2,(H,11,12,13). The summed E-state index contributed by atoms with van der Waals surface area (Å²) < 4.78 is 29.3. The van der Waals surface area contributed by atoms with Gasteiger partial charge in [0.2, 0.25) is 0 Å². The molecule has 77 valence electrons. The second kappa shape index (κ2) is 5.12. The molecule has 0 aliphatic heterocycles. The van der Waals surface area contributed by atoms with Crippen molar-refractivity contribution in [3.8, 4) is 0 Å². The molecule has 0 amide bonds. The molecule has 1 aromatic carbocycles. The molecule has 0 unspecified atom stereocenters. The minimum absolute atomic E-state index is 0.147. The van der Waals surface area contributed by atoms with E-state index in [0.717, 1.165) is 12.8 Å². The number of hydrogen-bond donors (Lipinski definition) is 1. The Balaban J connectivity index is 2.23. The van der Waals surface area contributed by atoms with Crippen molar-refractivity contribution in [2.45, 2.75) is 19.3 Å². The maximum absolute atomic E-state index is 10.4. The van der Waals surface area contributed by atoms with Crippen molar-refractivity contribution >= 4 is 10.1 Å². The van der Waals surface area contributed by atoms with Crippen LogP contribution in [0.4, 0.5) is 0 Å². The molecule has 0 heterocycles. The number of unbranched alkanes of at least 4 members (excludes halogenated alkanes) is 1. The lowest BCUT2D eigenvalue weighted by Crippen LogP contribution is -2.03. The van der Waals surface area contributed by atoms with E-state index >= 15 is 0 Å². The van der Waals surface area contributed by atoms with E-state index < -0.39 is 10.1 Å². The van der Waals surface area contributed by atoms with Crippen LogP contribution in [0.25, 0.3) is 0 Å². The van der Waals surface area contributed by atoms with Crippen LogP contribution in [-0.2, 0) is 16.5 Å². The third-order valence-corrected chi connectivity index (χ3v) is 2.71. The zero-order valence-electron chi connectivity index (χ0n) is 7.81. The minimum Gasteiger partial charge on any atom is -0.286 e. The highest BCUT2D eigenvalue weighted by atomic mass is 32.2. The summed E-state index contributed by atoms with van der Waals surface area (Å²) in [6, 6.07) is 10.5. The number of rotatable bonds is 5. The van der Waals surface area contributed by atoms with Gasteiger partial charge in [-0.05, 0) is 30.9 Å². The summed E-state index contributed by atoms with van der Waals surface area (Å²) in [6.45, 7) is 0. The molecule has 0 fully saturated rings. The van der Waals surface area contributed by atoms with Gasteiger partial charge in [0.25, 0.3) is 10.1 Å². The lowest BCUT2D eigenvalue weighted by molar-refractivity contribution is 0.480. The molecule has 0 aliphatic carbocycles. The zero-order chi connectivity index (χ0) is 10.4. The third-order valence-electron chi connectivity index (χ3n) is 1.91. The fourth-order valence-corrected chi connectivity index (χ4v) is 1.77. The van der Waals surface area contributed by atoms with Gasteiger partial charge in [-0.15, -0.1) is 0 Å². The first-order valence-electron chi connectivity index (χ1n) is 4.48. The van der Waals surface area contributed by atoms with Crippen molar-refractivity contribution in [3.05, 3.63) is 35.9 Å². The van der Waals surface area contributed by atoms with Gasteiger partial charge in [-0.2, -0.15) is 8.42 Å². The molecule has 0 bridgehead atoms. The van der Waals surface area contributed by atoms with E-state index in [1.807, 2.05) is 24.3 Å². The molecule has 0 aromatic heterocycles. The molecule has 1 rings (SSSR count). The van der Waals surface area contributed by atoms with Gasteiger partial charge >= 0.3 is 0 Å². The molecule has 4 heteroatoms. The lowest BCUT2D eigenvalue weighted by atomic mass is 10.1. The van der Waals surface area contributed by atoms with Crippen LogP contribution in [0.5, 0.6) is 0 Å². The first-order valence-corrected chi connectivity index (χ1v) is 6.09. The van der Waals surface area contributed by atoms with E-state index in [4.69, 9.17) is 4.55 Å². The van der Waals surface area contributed by atoms with Gasteiger partial charge in [0, 0.05) is 0 Å². The summed E-state index contributed by atoms with van der Waals surface area (Å²) in [5.74, 6) is -0.147. The highest BCUT2D eigenvalue weighted by molar-refractivity contribution is 7.85. The monoisotopic (exact) mass is 213 g/mol. The Labute approximate surface area is 84.5 Å². The maximum Gasteiger partial charge on any atom is 0.264 e. The van der Waals surface area contributed by atoms with E-state index in [9.17, 15) is 8.42 Å². The van der Waals surface area contributed by atoms with Gasteiger partial charge in [-0.25, -0.2) is 0 Å². The van der Waals surface area contributed by atoms with Crippen molar-refractivity contribution in [1.29, 1.82) is 0 Å². The molecule has 1 N–H and O–H groups in total. The summed E-state index contributed by atoms with van der Waals surface area (Å²) in [6.07, 6.45) is 2.10. The van der Waals surface area contributed by atoms with E-state index in [1.165, 1.54) is 5.56 Å². The highest BCUT2D eigenvalue weighted by Gasteiger charge is 2.03. The second-order valence-corrected chi connectivity index (χ2v) is 4.72. The van der Waals surface area contributed by atoms with Crippen molar-refractivity contribution < 1.29 is 13.0 Å². The highest BCUT2D eigenvalue weighted by Crippen LogP contribution is 2.04. The Kier molecular flexibility index (Phi) is 4.10. The quantitative estimate of drug-likeness (QED) is 0.598. The van der Waals surface area contributed by atoms with Crippen LogP contribution in [0.1, 0.15) is 18.4 Å². The smallest absolute Gasteiger partial charge is 0.264 e. The average Bonchev–Trinajstić information content (AvgIpc) is 2.13. The Morgan fingerprint density at radius 2 is 1.86 bits per heavy atom. The molecular formula is C10H13O3S. The van der Waals surface area contributed by atoms with Gasteiger partial charge in [-0.1, -0.05) is 24.3 Å². The molecule has 1 aromatic rings. The summed E-state index contributed by atoms with van der Waals surface area (Å²) in [5.41, 5.74) is 1.17. The van der Waals surface area contributed by atoms with Gasteiger partial charge in [0.15, 0.2) is 0 Å². The first kappa shape index (κ1) is 11.2. The Bertz CT molecular complexity index is 356. The van der Waals surface area contributed by atoms with Crippen LogP contribution in [0, 0.1) is 6.07 Å². The maximum atomic E-state index is 10.4. The summed E-state index contributed by atoms with van der Waals surface area (Å²) in [4.78, 5) is 0. The van der Waals surface area contributed by atoms with Gasteiger partial charge in [-0.3, -0.25) is 4.55 Å². The molecule has 3 nitrogen and oxygen atoms in total. The number of hydrogen-bond acceptors (Lipinski definition) is 2. The summed E-state index contributed by atoms with van der Waals surface area (Å²) >= 11 is 0. The van der Waals surface area contributed by atoms with Crippen LogP contribution in [0.2, 0.25) is 0 Å². The molecule has 14 heavy (non-hydrogen) atoms. The zero-order valence-corrected chi connectivity index (χ0v) is 8.63. The number of aryl methyl sites for hydroxylation is 1. The SMILES string of the molecule is O=S(=O)(O)CCCCc1cc[c]cc1. The Morgan fingerprint density at radius 1 is 1.21 bits per heavy atom. The summed E-state index contributed by atoms with van der Waals surface area (Å²) in [7, 11) is -3.78. The van der Waals surface area contributed by atoms with E-state index in [2.05, 4.69) is 6.07 Å². The normalized spacial score (nSPS) is 11.5. The average molecular weight is 213 g/mol. The fraction of sp³-hybridized carbons (Fsp3) is 0.400. The van der Waals surface area contributed by atoms with Crippen molar-refractivity contribution in [2.24, 2.45) is 0 Å². The van der Waals surface area contributed by atoms with Crippen molar-refractivity contribution in [2.75, 3.05) is 5.75 Å². The molecular weight excluding hydrogens is 200 g/mol. The predicted octanol–water partition coefficient (Wildman–Crippen LogP) is 1.70. The van der Waals surface area contributed by atoms with Crippen LogP contribution >= 0.6 is 0 Å². The van der Waals surface area contributed by atoms with E-state index in [0.29, 0.717) is 6.42 Å². The summed E-state index contributed by atoms with van der Waals surface area (Å²) in [5, 5.41) is 0. The van der Waals surface area contributed by atoms with Crippen LogP contribution in [0.15, 0.2) is 24.3 Å². The van der Waals surface area contributed by atoms with Gasteiger partial charge in [0.05, 0.1) is 5.75 Å². The molecule has 0 saturated heterocycles. The molecule has 0 spiro atoms. The van der Waals surface area contributed by atoms with Crippen molar-refractivity contribution in [3.63, 3.8) is 0 Å². The molecule has 0 atom stereocenters. The third kappa shape index (κ3) is 4.99. The van der Waals surface area contributed by atoms with Crippen molar-refractivity contribution in [1.82, 2.24) is 0 Å². The minimum atomic E-state index is -3.78. The van der Waals surface area contributed by atoms with E-state index in [1.54, 1.807) is 0 Å². The Hall–Kier alpha value is -0.870. The Morgan fingerprint density at radius 3 is 2.43 bits per heavy atom. The molecule has 1 radical (unpaired) electrons. The number of benzene rings is 1. The molecule has 0 aliphatic rings. The first-order chi connectivity index (χ1) is 6.58. The predicted molar refractivity (Wildman–Crippen MR) is 54.6 cm³/mol. The molecule has 0 saturated carbocycles. The van der Waals surface area contributed by atoms with Gasteiger partial charge in [0.1, 0.15) is 0 Å². The second-order valence-electron chi connectivity index (χ2n) is 3.15. The van der Waals surface area contributed by atoms with Crippen LogP contribution < -0.4 is 0 Å². The lowest BCUT2D eigenvalue weighted by Gasteiger charge is -1.99. The fourth-order valence-electron chi connectivity index (χ4n) is 1.20. The van der Waals surface area contributed by atoms with Crippen LogP contribution in [0.3, 0.4) is 0 Å². The topological polar surface area (TPSA) is 54.4 Å².